The second-order valence-electron chi connectivity index (χ2n) is 4.66. The smallest absolute Gasteiger partial charge is 0.0556 e. The van der Waals surface area contributed by atoms with E-state index >= 15 is 0 Å². The summed E-state index contributed by atoms with van der Waals surface area (Å²) in [5.41, 5.74) is 5.56. The molecule has 0 aliphatic carbocycles. The number of hydrogen-bond acceptors (Lipinski definition) is 5. The van der Waals surface area contributed by atoms with Crippen LogP contribution in [0.25, 0.3) is 0 Å². The first-order chi connectivity index (χ1) is 7.67. The van der Waals surface area contributed by atoms with Gasteiger partial charge in [0.05, 0.1) is 12.7 Å². The van der Waals surface area contributed by atoms with E-state index in [1.54, 1.807) is 0 Å². The Morgan fingerprint density at radius 3 is 2.81 bits per heavy atom. The number of nitrogens with one attached hydrogen (secondary N) is 1. The van der Waals surface area contributed by atoms with E-state index in [1.165, 1.54) is 0 Å². The lowest BCUT2D eigenvalue weighted by Crippen LogP contribution is -2.52. The van der Waals surface area contributed by atoms with Crippen molar-refractivity contribution in [1.29, 1.82) is 0 Å². The molecule has 16 heavy (non-hydrogen) atoms. The highest BCUT2D eigenvalue weighted by atomic mass is 16.3. The van der Waals surface area contributed by atoms with Gasteiger partial charge < -0.3 is 26.2 Å². The number of piperidine rings is 1. The molecule has 96 valence electrons. The topological polar surface area (TPSA) is 81.8 Å². The van der Waals surface area contributed by atoms with Gasteiger partial charge in [-0.05, 0) is 19.3 Å². The van der Waals surface area contributed by atoms with Gasteiger partial charge in [-0.15, -0.1) is 0 Å². The van der Waals surface area contributed by atoms with Crippen molar-refractivity contribution in [2.75, 3.05) is 39.3 Å². The van der Waals surface area contributed by atoms with Crippen molar-refractivity contribution in [3.63, 3.8) is 0 Å². The fraction of sp³-hybridized carbons (Fsp3) is 1.00. The zero-order valence-electron chi connectivity index (χ0n) is 10.1. The Kier molecular flexibility index (Phi) is 6.23. The van der Waals surface area contributed by atoms with E-state index in [0.29, 0.717) is 25.0 Å². The van der Waals surface area contributed by atoms with Gasteiger partial charge in [0.1, 0.15) is 0 Å². The van der Waals surface area contributed by atoms with Gasteiger partial charge in [0.2, 0.25) is 0 Å². The number of rotatable bonds is 6. The minimum atomic E-state index is -0.279. The molecule has 5 heteroatoms. The van der Waals surface area contributed by atoms with Crippen LogP contribution in [0.4, 0.5) is 0 Å². The lowest BCUT2D eigenvalue weighted by Gasteiger charge is -2.39. The van der Waals surface area contributed by atoms with Crippen LogP contribution in [-0.4, -0.2) is 66.6 Å². The number of likely N-dealkylation sites (tertiary alicyclic amines) is 1. The van der Waals surface area contributed by atoms with Gasteiger partial charge in [-0.1, -0.05) is 0 Å². The van der Waals surface area contributed by atoms with E-state index in [1.807, 2.05) is 6.92 Å². The number of aliphatic hydroxyl groups is 2. The second-order valence-corrected chi connectivity index (χ2v) is 4.66. The molecule has 1 heterocycles. The average molecular weight is 231 g/mol. The van der Waals surface area contributed by atoms with E-state index in [4.69, 9.17) is 10.8 Å². The highest BCUT2D eigenvalue weighted by Crippen LogP contribution is 2.19. The maximum atomic E-state index is 9.67. The van der Waals surface area contributed by atoms with Crippen LogP contribution in [0.2, 0.25) is 0 Å². The summed E-state index contributed by atoms with van der Waals surface area (Å²) in [4.78, 5) is 2.29. The molecule has 0 aromatic heterocycles. The number of nitrogens with zero attached hydrogens (tertiary/aromatic N) is 1. The second kappa shape index (κ2) is 7.19. The molecule has 0 aromatic carbocycles. The molecular formula is C11H25N3O2. The normalized spacial score (nSPS) is 29.2. The molecule has 0 bridgehead atoms. The average Bonchev–Trinajstić information content (AvgIpc) is 2.26. The van der Waals surface area contributed by atoms with Crippen LogP contribution in [0, 0.1) is 5.92 Å². The number of nitrogens with two attached hydrogens (primary N) is 1. The molecule has 3 unspecified atom stereocenters. The molecule has 0 aromatic rings. The zero-order valence-corrected chi connectivity index (χ0v) is 10.1. The summed E-state index contributed by atoms with van der Waals surface area (Å²) in [6.45, 7) is 6.03. The van der Waals surface area contributed by atoms with Gasteiger partial charge in [-0.2, -0.15) is 0 Å². The van der Waals surface area contributed by atoms with Crippen LogP contribution in [0.1, 0.15) is 13.3 Å². The monoisotopic (exact) mass is 231 g/mol. The van der Waals surface area contributed by atoms with Crippen LogP contribution in [0.3, 0.4) is 0 Å². The van der Waals surface area contributed by atoms with Crippen LogP contribution >= 0.6 is 0 Å². The molecule has 5 N–H and O–H groups in total. The standard InChI is InChI=1S/C11H25N3O2/c1-9(16)10-6-11(13-3-5-15)8-14(7-10)4-2-12/h9-11,13,15-16H,2-8,12H2,1H3. The summed E-state index contributed by atoms with van der Waals surface area (Å²) >= 11 is 0. The number of aliphatic hydroxyl groups excluding tert-OH is 2. The van der Waals surface area contributed by atoms with Gasteiger partial charge in [-0.25, -0.2) is 0 Å². The highest BCUT2D eigenvalue weighted by Gasteiger charge is 2.28. The predicted octanol–water partition coefficient (Wildman–Crippen LogP) is -1.40. The van der Waals surface area contributed by atoms with E-state index in [2.05, 4.69) is 10.2 Å². The van der Waals surface area contributed by atoms with Crippen molar-refractivity contribution >= 4 is 0 Å². The first-order valence-electron chi connectivity index (χ1n) is 6.12. The largest absolute Gasteiger partial charge is 0.395 e. The lowest BCUT2D eigenvalue weighted by atomic mass is 9.90. The number of hydrogen-bond donors (Lipinski definition) is 4. The molecule has 0 amide bonds. The third-order valence-electron chi connectivity index (χ3n) is 3.23. The van der Waals surface area contributed by atoms with E-state index < -0.39 is 0 Å². The summed E-state index contributed by atoms with van der Waals surface area (Å²) in [5, 5.41) is 21.8. The van der Waals surface area contributed by atoms with Gasteiger partial charge in [0.25, 0.3) is 0 Å². The molecule has 0 spiro atoms. The molecule has 3 atom stereocenters. The molecule has 5 nitrogen and oxygen atoms in total. The summed E-state index contributed by atoms with van der Waals surface area (Å²) in [6.07, 6.45) is 0.692. The third kappa shape index (κ3) is 4.35. The maximum absolute atomic E-state index is 9.67. The predicted molar refractivity (Wildman–Crippen MR) is 64.2 cm³/mol. The van der Waals surface area contributed by atoms with Gasteiger partial charge >= 0.3 is 0 Å². The molecule has 0 radical (unpaired) electrons. The summed E-state index contributed by atoms with van der Waals surface area (Å²) < 4.78 is 0. The molecule has 1 saturated heterocycles. The third-order valence-corrected chi connectivity index (χ3v) is 3.23. The van der Waals surface area contributed by atoms with Crippen molar-refractivity contribution < 1.29 is 10.2 Å². The minimum absolute atomic E-state index is 0.159. The lowest BCUT2D eigenvalue weighted by molar-refractivity contribution is 0.0485. The molecule has 0 saturated carbocycles. The van der Waals surface area contributed by atoms with Crippen molar-refractivity contribution in [3.8, 4) is 0 Å². The molecule has 1 fully saturated rings. The Bertz CT molecular complexity index is 190. The Balaban J connectivity index is 2.45. The summed E-state index contributed by atoms with van der Waals surface area (Å²) in [6, 6.07) is 0.354. The first kappa shape index (κ1) is 13.9. The highest BCUT2D eigenvalue weighted by molar-refractivity contribution is 4.85. The quantitative estimate of drug-likeness (QED) is 0.452. The fourth-order valence-electron chi connectivity index (χ4n) is 2.36. The van der Waals surface area contributed by atoms with E-state index in [0.717, 1.165) is 26.1 Å². The van der Waals surface area contributed by atoms with Crippen LogP contribution in [0.15, 0.2) is 0 Å². The Morgan fingerprint density at radius 2 is 2.25 bits per heavy atom. The molecular weight excluding hydrogens is 206 g/mol. The van der Waals surface area contributed by atoms with Gasteiger partial charge in [0.15, 0.2) is 0 Å². The summed E-state index contributed by atoms with van der Waals surface area (Å²) in [7, 11) is 0. The van der Waals surface area contributed by atoms with Crippen molar-refractivity contribution in [2.24, 2.45) is 11.7 Å². The van der Waals surface area contributed by atoms with Gasteiger partial charge in [-0.3, -0.25) is 0 Å². The molecule has 1 aliphatic rings. The van der Waals surface area contributed by atoms with Crippen molar-refractivity contribution in [3.05, 3.63) is 0 Å². The fourth-order valence-corrected chi connectivity index (χ4v) is 2.36. The van der Waals surface area contributed by atoms with Gasteiger partial charge in [0, 0.05) is 38.8 Å². The van der Waals surface area contributed by atoms with Crippen molar-refractivity contribution in [2.45, 2.75) is 25.5 Å². The minimum Gasteiger partial charge on any atom is -0.395 e. The van der Waals surface area contributed by atoms with E-state index in [-0.39, 0.29) is 12.7 Å². The Hall–Kier alpha value is -0.200. The molecule has 1 rings (SSSR count). The van der Waals surface area contributed by atoms with Crippen LogP contribution in [-0.2, 0) is 0 Å². The van der Waals surface area contributed by atoms with E-state index in [9.17, 15) is 5.11 Å². The Labute approximate surface area is 97.6 Å². The SMILES string of the molecule is CC(O)C1CC(NCCO)CN(CCN)C1. The van der Waals surface area contributed by atoms with Crippen LogP contribution in [0.5, 0.6) is 0 Å². The molecule has 1 aliphatic heterocycles. The maximum Gasteiger partial charge on any atom is 0.0556 e. The van der Waals surface area contributed by atoms with Crippen LogP contribution < -0.4 is 11.1 Å². The first-order valence-corrected chi connectivity index (χ1v) is 6.12. The van der Waals surface area contributed by atoms with Crippen molar-refractivity contribution in [1.82, 2.24) is 10.2 Å². The zero-order chi connectivity index (χ0) is 12.0. The Morgan fingerprint density at radius 1 is 1.50 bits per heavy atom. The summed E-state index contributed by atoms with van der Waals surface area (Å²) in [5.74, 6) is 0.302.